The Morgan fingerprint density at radius 3 is 2.35 bits per heavy atom. The Bertz CT molecular complexity index is 1280. The molecular formula is C35H46N2O6. The van der Waals surface area contributed by atoms with Crippen molar-refractivity contribution in [3.63, 3.8) is 0 Å². The number of unbranched alkanes of at least 4 members (excludes halogenated alkanes) is 3. The van der Waals surface area contributed by atoms with Crippen molar-refractivity contribution < 1.29 is 28.6 Å². The zero-order chi connectivity index (χ0) is 31.6. The SMILES string of the molecule is C=CCCCCCOC(=O)N[C@H](C(=O)N1CC(OC)(c2ccc(-c3ccccc3C=C)cc2)CC1C(=O)OC)C(C)(C)C. The predicted molar refractivity (Wildman–Crippen MR) is 169 cm³/mol. The second kappa shape index (κ2) is 15.0. The molecule has 0 aromatic heterocycles. The minimum absolute atomic E-state index is 0.108. The normalized spacial score (nSPS) is 18.9. The number of alkyl carbamates (subject to hydrolysis) is 1. The van der Waals surface area contributed by atoms with Crippen LogP contribution in [0.25, 0.3) is 17.2 Å². The molecule has 1 saturated heterocycles. The first-order chi connectivity index (χ1) is 20.5. The van der Waals surface area contributed by atoms with Crippen LogP contribution in [0.2, 0.25) is 0 Å². The average molecular weight is 591 g/mol. The molecule has 1 aliphatic heterocycles. The number of likely N-dealkylation sites (tertiary alicyclic amines) is 1. The van der Waals surface area contributed by atoms with Crippen LogP contribution in [-0.2, 0) is 29.4 Å². The van der Waals surface area contributed by atoms with Crippen molar-refractivity contribution in [2.45, 2.75) is 70.6 Å². The van der Waals surface area contributed by atoms with E-state index in [0.29, 0.717) is 0 Å². The summed E-state index contributed by atoms with van der Waals surface area (Å²) >= 11 is 0. The molecule has 1 N–H and O–H groups in total. The smallest absolute Gasteiger partial charge is 0.407 e. The van der Waals surface area contributed by atoms with E-state index in [1.807, 2.05) is 81.5 Å². The molecule has 0 bridgehead atoms. The van der Waals surface area contributed by atoms with E-state index >= 15 is 0 Å². The van der Waals surface area contributed by atoms with Gasteiger partial charge in [0.05, 0.1) is 20.3 Å². The number of amides is 2. The molecule has 0 aliphatic carbocycles. The van der Waals surface area contributed by atoms with E-state index in [4.69, 9.17) is 14.2 Å². The molecule has 0 radical (unpaired) electrons. The number of methoxy groups -OCH3 is 2. The van der Waals surface area contributed by atoms with Gasteiger partial charge in [0.25, 0.3) is 0 Å². The summed E-state index contributed by atoms with van der Waals surface area (Å²) in [6, 6.07) is 14.1. The van der Waals surface area contributed by atoms with Gasteiger partial charge in [-0.15, -0.1) is 6.58 Å². The summed E-state index contributed by atoms with van der Waals surface area (Å²) in [4.78, 5) is 41.4. The Hall–Kier alpha value is -3.91. The van der Waals surface area contributed by atoms with Gasteiger partial charge in [0.1, 0.15) is 17.7 Å². The number of hydrogen-bond donors (Lipinski definition) is 1. The highest BCUT2D eigenvalue weighted by Gasteiger charge is 2.53. The van der Waals surface area contributed by atoms with Crippen LogP contribution >= 0.6 is 0 Å². The number of esters is 1. The van der Waals surface area contributed by atoms with Crippen molar-refractivity contribution in [3.8, 4) is 11.1 Å². The van der Waals surface area contributed by atoms with E-state index in [-0.39, 0.29) is 19.6 Å². The van der Waals surface area contributed by atoms with E-state index in [1.54, 1.807) is 7.11 Å². The second-order valence-electron chi connectivity index (χ2n) is 12.0. The van der Waals surface area contributed by atoms with Crippen molar-refractivity contribution in [1.29, 1.82) is 0 Å². The Balaban J connectivity index is 1.85. The highest BCUT2D eigenvalue weighted by Crippen LogP contribution is 2.41. The lowest BCUT2D eigenvalue weighted by Gasteiger charge is -2.35. The van der Waals surface area contributed by atoms with Crippen LogP contribution in [0.3, 0.4) is 0 Å². The lowest BCUT2D eigenvalue weighted by molar-refractivity contribution is -0.152. The third-order valence-electron chi connectivity index (χ3n) is 8.04. The number of benzene rings is 2. The summed E-state index contributed by atoms with van der Waals surface area (Å²) in [6.07, 6.45) is 6.76. The van der Waals surface area contributed by atoms with Crippen molar-refractivity contribution in [1.82, 2.24) is 10.2 Å². The summed E-state index contributed by atoms with van der Waals surface area (Å²) in [6.45, 7) is 13.6. The molecule has 1 fully saturated rings. The van der Waals surface area contributed by atoms with E-state index in [9.17, 15) is 14.4 Å². The van der Waals surface area contributed by atoms with Gasteiger partial charge < -0.3 is 24.4 Å². The van der Waals surface area contributed by atoms with Gasteiger partial charge in [-0.2, -0.15) is 0 Å². The van der Waals surface area contributed by atoms with Crippen molar-refractivity contribution in [2.75, 3.05) is 27.4 Å². The van der Waals surface area contributed by atoms with Gasteiger partial charge in [0, 0.05) is 13.5 Å². The minimum atomic E-state index is -0.959. The highest BCUT2D eigenvalue weighted by atomic mass is 16.5. The zero-order valence-corrected chi connectivity index (χ0v) is 26.2. The molecule has 0 saturated carbocycles. The summed E-state index contributed by atoms with van der Waals surface area (Å²) in [5, 5.41) is 2.77. The number of carbonyl (C=O) groups is 3. The predicted octanol–water partition coefficient (Wildman–Crippen LogP) is 6.50. The molecule has 0 spiro atoms. The molecule has 2 aromatic carbocycles. The van der Waals surface area contributed by atoms with Gasteiger partial charge in [0.15, 0.2) is 0 Å². The molecule has 43 heavy (non-hydrogen) atoms. The third kappa shape index (κ3) is 8.14. The Morgan fingerprint density at radius 2 is 1.74 bits per heavy atom. The first-order valence-electron chi connectivity index (χ1n) is 14.8. The van der Waals surface area contributed by atoms with Gasteiger partial charge in [-0.1, -0.05) is 88.0 Å². The second-order valence-corrected chi connectivity index (χ2v) is 12.0. The molecule has 2 aromatic rings. The Morgan fingerprint density at radius 1 is 1.05 bits per heavy atom. The molecule has 8 nitrogen and oxygen atoms in total. The van der Waals surface area contributed by atoms with Crippen molar-refractivity contribution >= 4 is 24.0 Å². The summed E-state index contributed by atoms with van der Waals surface area (Å²) in [5.41, 5.74) is 2.28. The van der Waals surface area contributed by atoms with Crippen LogP contribution in [0.5, 0.6) is 0 Å². The maximum Gasteiger partial charge on any atom is 0.407 e. The fraction of sp³-hybridized carbons (Fsp3) is 0.457. The number of nitrogens with zero attached hydrogens (tertiary/aromatic N) is 1. The molecule has 3 atom stereocenters. The van der Waals surface area contributed by atoms with Crippen LogP contribution in [-0.4, -0.2) is 62.3 Å². The van der Waals surface area contributed by atoms with E-state index < -0.39 is 41.1 Å². The average Bonchev–Trinajstić information content (AvgIpc) is 3.42. The van der Waals surface area contributed by atoms with Crippen LogP contribution in [0.15, 0.2) is 67.8 Å². The van der Waals surface area contributed by atoms with Crippen molar-refractivity contribution in [3.05, 3.63) is 78.9 Å². The first kappa shape index (κ1) is 33.6. The number of ether oxygens (including phenoxy) is 3. The molecule has 1 aliphatic rings. The largest absolute Gasteiger partial charge is 0.467 e. The summed E-state index contributed by atoms with van der Waals surface area (Å²) < 4.78 is 16.6. The fourth-order valence-corrected chi connectivity index (χ4v) is 5.52. The summed E-state index contributed by atoms with van der Waals surface area (Å²) in [5.74, 6) is -0.945. The molecule has 232 valence electrons. The fourth-order valence-electron chi connectivity index (χ4n) is 5.52. The Kier molecular flexibility index (Phi) is 11.7. The molecule has 3 rings (SSSR count). The van der Waals surface area contributed by atoms with Crippen LogP contribution in [0.1, 0.15) is 64.0 Å². The number of rotatable bonds is 13. The molecule has 8 heteroatoms. The Labute approximate surface area is 256 Å². The number of allylic oxidation sites excluding steroid dienone is 1. The molecule has 2 amide bonds. The molecular weight excluding hydrogens is 544 g/mol. The lowest BCUT2D eigenvalue weighted by atomic mass is 9.85. The van der Waals surface area contributed by atoms with Crippen LogP contribution in [0.4, 0.5) is 4.79 Å². The van der Waals surface area contributed by atoms with Gasteiger partial charge in [-0.05, 0) is 53.4 Å². The van der Waals surface area contributed by atoms with Gasteiger partial charge in [-0.25, -0.2) is 9.59 Å². The van der Waals surface area contributed by atoms with E-state index in [2.05, 4.69) is 18.5 Å². The maximum atomic E-state index is 14.1. The number of nitrogens with one attached hydrogen (secondary N) is 1. The molecule has 1 heterocycles. The molecule has 2 unspecified atom stereocenters. The lowest BCUT2D eigenvalue weighted by Crippen LogP contribution is -2.57. The monoisotopic (exact) mass is 590 g/mol. The van der Waals surface area contributed by atoms with Gasteiger partial charge in [-0.3, -0.25) is 4.79 Å². The van der Waals surface area contributed by atoms with Crippen LogP contribution in [0, 0.1) is 5.41 Å². The van der Waals surface area contributed by atoms with Crippen molar-refractivity contribution in [2.24, 2.45) is 5.41 Å². The van der Waals surface area contributed by atoms with Gasteiger partial charge >= 0.3 is 12.1 Å². The summed E-state index contributed by atoms with van der Waals surface area (Å²) in [7, 11) is 2.88. The number of carbonyl (C=O) groups excluding carboxylic acids is 3. The zero-order valence-electron chi connectivity index (χ0n) is 26.2. The number of hydrogen-bond acceptors (Lipinski definition) is 6. The quantitative estimate of drug-likeness (QED) is 0.163. The highest BCUT2D eigenvalue weighted by molar-refractivity contribution is 5.91. The first-order valence-corrected chi connectivity index (χ1v) is 14.8. The van der Waals surface area contributed by atoms with E-state index in [1.165, 1.54) is 12.0 Å². The third-order valence-corrected chi connectivity index (χ3v) is 8.04. The van der Waals surface area contributed by atoms with Crippen LogP contribution < -0.4 is 5.32 Å². The van der Waals surface area contributed by atoms with Gasteiger partial charge in [0.2, 0.25) is 5.91 Å². The maximum absolute atomic E-state index is 14.1. The topological polar surface area (TPSA) is 94.2 Å². The minimum Gasteiger partial charge on any atom is -0.467 e. The standard InChI is InChI=1S/C35H46N2O6/c1-8-10-11-12-15-22-43-33(40)36-30(34(3,4)5)31(38)37-24-35(42-7,23-29(37)32(39)41-6)27-20-18-26(19-21-27)28-17-14-13-16-25(28)9-2/h8-9,13-14,16-21,29-30H,1-2,10-12,15,22-24H2,3-7H3,(H,36,40)/t29?,30-,35?/m1/s1. The van der Waals surface area contributed by atoms with E-state index in [0.717, 1.165) is 47.9 Å².